The van der Waals surface area contributed by atoms with Gasteiger partial charge in [-0.25, -0.2) is 0 Å². The van der Waals surface area contributed by atoms with Crippen LogP contribution < -0.4 is 10.1 Å². The molecular weight excluding hydrogens is 288 g/mol. The molecule has 0 fully saturated rings. The SMILES string of the molecule is Cc1cc(NC(=O)COc2ccc(-c3nnco3)cc2)no1. The molecule has 0 unspecified atom stereocenters. The van der Waals surface area contributed by atoms with Crippen molar-refractivity contribution in [1.29, 1.82) is 0 Å². The van der Waals surface area contributed by atoms with E-state index in [0.717, 1.165) is 5.56 Å². The zero-order chi connectivity index (χ0) is 15.4. The summed E-state index contributed by atoms with van der Waals surface area (Å²) in [6.07, 6.45) is 1.26. The first-order chi connectivity index (χ1) is 10.7. The number of ether oxygens (including phenoxy) is 1. The predicted octanol–water partition coefficient (Wildman–Crippen LogP) is 2.05. The van der Waals surface area contributed by atoms with E-state index in [1.165, 1.54) is 6.39 Å². The third-order valence-electron chi connectivity index (χ3n) is 2.73. The Labute approximate surface area is 125 Å². The summed E-state index contributed by atoms with van der Waals surface area (Å²) in [7, 11) is 0. The van der Waals surface area contributed by atoms with Crippen LogP contribution in [0.3, 0.4) is 0 Å². The van der Waals surface area contributed by atoms with Crippen molar-refractivity contribution >= 4 is 11.7 Å². The number of rotatable bonds is 5. The standard InChI is InChI=1S/C14H12N4O4/c1-9-6-12(18-22-9)16-13(19)7-20-11-4-2-10(3-5-11)14-17-15-8-21-14/h2-6,8H,7H2,1H3,(H,16,18,19). The Hall–Kier alpha value is -3.16. The molecule has 3 aromatic rings. The van der Waals surface area contributed by atoms with Crippen LogP contribution in [-0.4, -0.2) is 27.9 Å². The minimum absolute atomic E-state index is 0.133. The molecule has 0 saturated carbocycles. The van der Waals surface area contributed by atoms with E-state index >= 15 is 0 Å². The van der Waals surface area contributed by atoms with Gasteiger partial charge in [0.15, 0.2) is 12.4 Å². The number of carbonyl (C=O) groups is 1. The highest BCUT2D eigenvalue weighted by atomic mass is 16.5. The van der Waals surface area contributed by atoms with Crippen LogP contribution in [0, 0.1) is 6.92 Å². The number of benzene rings is 1. The van der Waals surface area contributed by atoms with Gasteiger partial charge >= 0.3 is 0 Å². The molecule has 1 aromatic carbocycles. The molecule has 0 aliphatic carbocycles. The lowest BCUT2D eigenvalue weighted by Gasteiger charge is -2.05. The monoisotopic (exact) mass is 300 g/mol. The van der Waals surface area contributed by atoms with E-state index in [9.17, 15) is 4.79 Å². The van der Waals surface area contributed by atoms with Crippen LogP contribution in [0.25, 0.3) is 11.5 Å². The lowest BCUT2D eigenvalue weighted by atomic mass is 10.2. The largest absolute Gasteiger partial charge is 0.484 e. The molecule has 1 amide bonds. The molecule has 8 heteroatoms. The smallest absolute Gasteiger partial charge is 0.263 e. The third kappa shape index (κ3) is 3.29. The summed E-state index contributed by atoms with van der Waals surface area (Å²) >= 11 is 0. The second-order valence-corrected chi connectivity index (χ2v) is 4.43. The molecule has 3 rings (SSSR count). The fourth-order valence-electron chi connectivity index (χ4n) is 1.75. The van der Waals surface area contributed by atoms with Gasteiger partial charge in [-0.3, -0.25) is 4.79 Å². The summed E-state index contributed by atoms with van der Waals surface area (Å²) < 4.78 is 15.3. The minimum atomic E-state index is -0.325. The molecule has 0 aliphatic heterocycles. The second kappa shape index (κ2) is 6.08. The van der Waals surface area contributed by atoms with Gasteiger partial charge in [0.05, 0.1) is 0 Å². The second-order valence-electron chi connectivity index (χ2n) is 4.43. The van der Waals surface area contributed by atoms with Crippen molar-refractivity contribution in [2.24, 2.45) is 0 Å². The van der Waals surface area contributed by atoms with Gasteiger partial charge in [-0.15, -0.1) is 10.2 Å². The molecule has 2 heterocycles. The Morgan fingerprint density at radius 3 is 2.77 bits per heavy atom. The number of amides is 1. The number of anilines is 1. The zero-order valence-electron chi connectivity index (χ0n) is 11.6. The first-order valence-corrected chi connectivity index (χ1v) is 6.43. The first-order valence-electron chi connectivity index (χ1n) is 6.43. The molecule has 0 radical (unpaired) electrons. The third-order valence-corrected chi connectivity index (χ3v) is 2.73. The summed E-state index contributed by atoms with van der Waals surface area (Å²) in [5.41, 5.74) is 0.771. The van der Waals surface area contributed by atoms with Crippen LogP contribution in [0.1, 0.15) is 5.76 Å². The van der Waals surface area contributed by atoms with Crippen molar-refractivity contribution in [1.82, 2.24) is 15.4 Å². The van der Waals surface area contributed by atoms with Crippen LogP contribution in [0.15, 0.2) is 45.7 Å². The van der Waals surface area contributed by atoms with Gasteiger partial charge < -0.3 is 19.0 Å². The number of hydrogen-bond acceptors (Lipinski definition) is 7. The Balaban J connectivity index is 1.54. The summed E-state index contributed by atoms with van der Waals surface area (Å²) in [4.78, 5) is 11.7. The molecule has 1 N–H and O–H groups in total. The normalized spacial score (nSPS) is 10.4. The van der Waals surface area contributed by atoms with Gasteiger partial charge in [-0.2, -0.15) is 0 Å². The number of nitrogens with one attached hydrogen (secondary N) is 1. The van der Waals surface area contributed by atoms with E-state index in [0.29, 0.717) is 23.2 Å². The van der Waals surface area contributed by atoms with Crippen molar-refractivity contribution < 1.29 is 18.5 Å². The summed E-state index contributed by atoms with van der Waals surface area (Å²) in [6.45, 7) is 1.61. The van der Waals surface area contributed by atoms with E-state index < -0.39 is 0 Å². The number of hydrogen-bond donors (Lipinski definition) is 1. The maximum absolute atomic E-state index is 11.7. The van der Waals surface area contributed by atoms with Gasteiger partial charge in [0.1, 0.15) is 11.5 Å². The highest BCUT2D eigenvalue weighted by Crippen LogP contribution is 2.20. The molecule has 0 aliphatic rings. The molecule has 22 heavy (non-hydrogen) atoms. The zero-order valence-corrected chi connectivity index (χ0v) is 11.6. The number of nitrogens with zero attached hydrogens (tertiary/aromatic N) is 3. The van der Waals surface area contributed by atoms with Crippen molar-refractivity contribution in [2.75, 3.05) is 11.9 Å². The molecule has 0 spiro atoms. The van der Waals surface area contributed by atoms with Gasteiger partial charge in [-0.05, 0) is 31.2 Å². The predicted molar refractivity (Wildman–Crippen MR) is 75.1 cm³/mol. The molecule has 0 bridgehead atoms. The van der Waals surface area contributed by atoms with Gasteiger partial charge in [-0.1, -0.05) is 5.16 Å². The van der Waals surface area contributed by atoms with Gasteiger partial charge in [0.2, 0.25) is 12.3 Å². The minimum Gasteiger partial charge on any atom is -0.484 e. The molecule has 8 nitrogen and oxygen atoms in total. The highest BCUT2D eigenvalue weighted by Gasteiger charge is 2.08. The van der Waals surface area contributed by atoms with E-state index in [1.54, 1.807) is 37.3 Å². The van der Waals surface area contributed by atoms with Crippen LogP contribution >= 0.6 is 0 Å². The van der Waals surface area contributed by atoms with Crippen molar-refractivity contribution in [3.63, 3.8) is 0 Å². The van der Waals surface area contributed by atoms with Crippen LogP contribution in [0.5, 0.6) is 5.75 Å². The van der Waals surface area contributed by atoms with Crippen LogP contribution in [-0.2, 0) is 4.79 Å². The van der Waals surface area contributed by atoms with E-state index in [2.05, 4.69) is 20.7 Å². The fourth-order valence-corrected chi connectivity index (χ4v) is 1.75. The van der Waals surface area contributed by atoms with Crippen LogP contribution in [0.2, 0.25) is 0 Å². The lowest BCUT2D eigenvalue weighted by Crippen LogP contribution is -2.20. The summed E-state index contributed by atoms with van der Waals surface area (Å²) in [5, 5.41) is 13.6. The van der Waals surface area contributed by atoms with Crippen LogP contribution in [0.4, 0.5) is 5.82 Å². The number of carbonyl (C=O) groups excluding carboxylic acids is 1. The lowest BCUT2D eigenvalue weighted by molar-refractivity contribution is -0.118. The average molecular weight is 300 g/mol. The molecule has 0 atom stereocenters. The quantitative estimate of drug-likeness (QED) is 0.769. The van der Waals surface area contributed by atoms with E-state index in [-0.39, 0.29) is 12.5 Å². The maximum atomic E-state index is 11.7. The Morgan fingerprint density at radius 2 is 2.14 bits per heavy atom. The molecular formula is C14H12N4O4. The maximum Gasteiger partial charge on any atom is 0.263 e. The highest BCUT2D eigenvalue weighted by molar-refractivity contribution is 5.90. The number of aryl methyl sites for hydroxylation is 1. The van der Waals surface area contributed by atoms with Crippen molar-refractivity contribution in [3.8, 4) is 17.2 Å². The topological polar surface area (TPSA) is 103 Å². The Morgan fingerprint density at radius 1 is 1.32 bits per heavy atom. The van der Waals surface area contributed by atoms with E-state index in [4.69, 9.17) is 13.7 Å². The molecule has 0 saturated heterocycles. The molecule has 112 valence electrons. The van der Waals surface area contributed by atoms with Crippen molar-refractivity contribution in [2.45, 2.75) is 6.92 Å². The Kier molecular flexibility index (Phi) is 3.82. The van der Waals surface area contributed by atoms with Gasteiger partial charge in [0.25, 0.3) is 5.91 Å². The average Bonchev–Trinajstić information content (AvgIpc) is 3.18. The molecule has 2 aromatic heterocycles. The van der Waals surface area contributed by atoms with Crippen molar-refractivity contribution in [3.05, 3.63) is 42.5 Å². The van der Waals surface area contributed by atoms with E-state index in [1.807, 2.05) is 0 Å². The summed E-state index contributed by atoms with van der Waals surface area (Å²) in [6, 6.07) is 8.58. The number of aromatic nitrogens is 3. The van der Waals surface area contributed by atoms with Gasteiger partial charge in [0, 0.05) is 11.6 Å². The fraction of sp³-hybridized carbons (Fsp3) is 0.143. The Bertz CT molecular complexity index is 750. The summed E-state index contributed by atoms with van der Waals surface area (Å²) in [5.74, 6) is 1.63. The first kappa shape index (κ1) is 13.8.